The topological polar surface area (TPSA) is 44.8 Å². The zero-order chi connectivity index (χ0) is 22.8. The number of esters is 1. The lowest BCUT2D eigenvalue weighted by atomic mass is 10.1. The van der Waals surface area contributed by atoms with Crippen LogP contribution in [0, 0.1) is 0 Å². The minimum Gasteiger partial charge on any atom is -0.493 e. The Morgan fingerprint density at radius 3 is 2.09 bits per heavy atom. The molecule has 0 fully saturated rings. The average Bonchev–Trinajstić information content (AvgIpc) is 2.82. The number of carbonyl (C=O) groups is 1. The molecule has 1 atom stereocenters. The molecule has 0 aromatic heterocycles. The summed E-state index contributed by atoms with van der Waals surface area (Å²) in [5, 5.41) is 1.98. The molecule has 3 aromatic carbocycles. The highest BCUT2D eigenvalue weighted by Crippen LogP contribution is 2.34. The van der Waals surface area contributed by atoms with E-state index in [1.807, 2.05) is 66.7 Å². The number of carbonyl (C=O) groups excluding carboxylic acids is 1. The molecule has 0 aliphatic heterocycles. The second-order valence-electron chi connectivity index (χ2n) is 7.91. The highest BCUT2D eigenvalue weighted by Gasteiger charge is 2.19. The van der Waals surface area contributed by atoms with Crippen LogP contribution in [0.4, 0.5) is 0 Å². The molecule has 0 saturated heterocycles. The quantitative estimate of drug-likeness (QED) is 0.175. The van der Waals surface area contributed by atoms with E-state index in [1.54, 1.807) is 6.92 Å². The summed E-state index contributed by atoms with van der Waals surface area (Å²) in [6.45, 7) is 8.43. The third-order valence-corrected chi connectivity index (χ3v) is 5.26. The monoisotopic (exact) mass is 432 g/mol. The van der Waals surface area contributed by atoms with Crippen molar-refractivity contribution in [3.05, 3.63) is 84.4 Å². The fraction of sp³-hybridized carbons (Fsp3) is 0.321. The molecule has 0 aliphatic carbocycles. The molecule has 0 aliphatic rings. The summed E-state index contributed by atoms with van der Waals surface area (Å²) in [7, 11) is 0. The molecule has 0 spiro atoms. The number of rotatable bonds is 12. The van der Waals surface area contributed by atoms with Gasteiger partial charge in [0.1, 0.15) is 18.1 Å². The molecule has 3 aromatic rings. The van der Waals surface area contributed by atoms with E-state index < -0.39 is 12.1 Å². The van der Waals surface area contributed by atoms with Crippen LogP contribution >= 0.6 is 0 Å². The summed E-state index contributed by atoms with van der Waals surface area (Å²) < 4.78 is 17.9. The second kappa shape index (κ2) is 11.9. The first kappa shape index (κ1) is 23.4. The molecule has 4 nitrogen and oxygen atoms in total. The van der Waals surface area contributed by atoms with Crippen LogP contribution in [0.5, 0.6) is 11.5 Å². The Morgan fingerprint density at radius 2 is 1.47 bits per heavy atom. The lowest BCUT2D eigenvalue weighted by Gasteiger charge is -2.20. The lowest BCUT2D eigenvalue weighted by molar-refractivity contribution is -0.146. The normalized spacial score (nSPS) is 11.7. The number of unbranched alkanes of at least 4 members (excludes halogenated alkanes) is 3. The van der Waals surface area contributed by atoms with Crippen LogP contribution in [0.25, 0.3) is 10.8 Å². The van der Waals surface area contributed by atoms with Crippen molar-refractivity contribution in [2.24, 2.45) is 0 Å². The van der Waals surface area contributed by atoms with Crippen molar-refractivity contribution in [1.29, 1.82) is 0 Å². The van der Waals surface area contributed by atoms with E-state index in [0.717, 1.165) is 34.3 Å². The van der Waals surface area contributed by atoms with Crippen molar-refractivity contribution in [3.8, 4) is 11.5 Å². The Morgan fingerprint density at radius 1 is 0.844 bits per heavy atom. The summed E-state index contributed by atoms with van der Waals surface area (Å²) in [5.41, 5.74) is 1.23. The molecule has 0 bridgehead atoms. The third-order valence-electron chi connectivity index (χ3n) is 5.26. The van der Waals surface area contributed by atoms with Crippen LogP contribution in [0.1, 0.15) is 51.2 Å². The highest BCUT2D eigenvalue weighted by molar-refractivity contribution is 5.93. The summed E-state index contributed by atoms with van der Waals surface area (Å²) in [4.78, 5) is 12.2. The van der Waals surface area contributed by atoms with Gasteiger partial charge in [-0.25, -0.2) is 4.79 Å². The SMILES string of the molecule is C=C(C)C(=O)OC(COc1ccc(OCCCCCC)c2ccccc12)c1ccccc1. The Balaban J connectivity index is 1.76. The van der Waals surface area contributed by atoms with Gasteiger partial charge in [-0.2, -0.15) is 0 Å². The number of hydrogen-bond acceptors (Lipinski definition) is 4. The van der Waals surface area contributed by atoms with Gasteiger partial charge in [0.25, 0.3) is 0 Å². The first-order valence-corrected chi connectivity index (χ1v) is 11.3. The van der Waals surface area contributed by atoms with Crippen molar-refractivity contribution in [1.82, 2.24) is 0 Å². The van der Waals surface area contributed by atoms with Crippen molar-refractivity contribution in [2.45, 2.75) is 45.6 Å². The van der Waals surface area contributed by atoms with Gasteiger partial charge in [-0.1, -0.05) is 87.4 Å². The maximum Gasteiger partial charge on any atom is 0.333 e. The molecule has 0 N–H and O–H groups in total. The maximum absolute atomic E-state index is 12.2. The van der Waals surface area contributed by atoms with E-state index in [1.165, 1.54) is 19.3 Å². The van der Waals surface area contributed by atoms with Gasteiger partial charge in [0.15, 0.2) is 6.10 Å². The Bertz CT molecular complexity index is 1030. The predicted octanol–water partition coefficient (Wildman–Crippen LogP) is 7.04. The predicted molar refractivity (Wildman–Crippen MR) is 129 cm³/mol. The smallest absolute Gasteiger partial charge is 0.333 e. The molecule has 0 saturated carbocycles. The number of benzene rings is 3. The first-order valence-electron chi connectivity index (χ1n) is 11.3. The van der Waals surface area contributed by atoms with Gasteiger partial charge in [0.05, 0.1) is 6.61 Å². The van der Waals surface area contributed by atoms with Gasteiger partial charge in [-0.3, -0.25) is 0 Å². The minimum atomic E-state index is -0.534. The number of hydrogen-bond donors (Lipinski definition) is 0. The number of fused-ring (bicyclic) bond motifs is 1. The van der Waals surface area contributed by atoms with E-state index in [9.17, 15) is 4.79 Å². The summed E-state index contributed by atoms with van der Waals surface area (Å²) in [6.07, 6.45) is 4.14. The molecule has 168 valence electrons. The van der Waals surface area contributed by atoms with E-state index in [0.29, 0.717) is 12.2 Å². The van der Waals surface area contributed by atoms with Crippen LogP contribution in [-0.4, -0.2) is 19.2 Å². The van der Waals surface area contributed by atoms with Gasteiger partial charge in [-0.05, 0) is 31.0 Å². The molecule has 0 radical (unpaired) electrons. The van der Waals surface area contributed by atoms with Gasteiger partial charge in [0, 0.05) is 16.3 Å². The standard InChI is InChI=1S/C28H32O4/c1-4-5-6-12-19-30-25-17-18-26(24-16-11-10-15-23(24)25)31-20-27(32-28(29)21(2)3)22-13-8-7-9-14-22/h7-11,13-18,27H,2,4-6,12,19-20H2,1,3H3. The lowest BCUT2D eigenvalue weighted by Crippen LogP contribution is -2.18. The molecule has 1 unspecified atom stereocenters. The van der Waals surface area contributed by atoms with Crippen LogP contribution in [0.2, 0.25) is 0 Å². The van der Waals surface area contributed by atoms with Crippen LogP contribution in [0.3, 0.4) is 0 Å². The highest BCUT2D eigenvalue weighted by atomic mass is 16.6. The third kappa shape index (κ3) is 6.36. The van der Waals surface area contributed by atoms with Crippen molar-refractivity contribution >= 4 is 16.7 Å². The van der Waals surface area contributed by atoms with Crippen LogP contribution in [0.15, 0.2) is 78.9 Å². The zero-order valence-electron chi connectivity index (χ0n) is 19.0. The molecule has 3 rings (SSSR count). The summed E-state index contributed by atoms with van der Waals surface area (Å²) in [5.74, 6) is 1.16. The van der Waals surface area contributed by atoms with Gasteiger partial charge < -0.3 is 14.2 Å². The summed E-state index contributed by atoms with van der Waals surface area (Å²) >= 11 is 0. The van der Waals surface area contributed by atoms with Crippen molar-refractivity contribution < 1.29 is 19.0 Å². The Hall–Kier alpha value is -3.27. The fourth-order valence-electron chi connectivity index (χ4n) is 3.47. The van der Waals surface area contributed by atoms with Gasteiger partial charge in [0.2, 0.25) is 0 Å². The summed E-state index contributed by atoms with van der Waals surface area (Å²) in [6, 6.07) is 21.5. The Kier molecular flexibility index (Phi) is 8.73. The maximum atomic E-state index is 12.2. The second-order valence-corrected chi connectivity index (χ2v) is 7.91. The van der Waals surface area contributed by atoms with Gasteiger partial charge in [-0.15, -0.1) is 0 Å². The molecular weight excluding hydrogens is 400 g/mol. The Labute approximate surface area is 190 Å². The average molecular weight is 433 g/mol. The van der Waals surface area contributed by atoms with Crippen LogP contribution < -0.4 is 9.47 Å². The van der Waals surface area contributed by atoms with E-state index >= 15 is 0 Å². The van der Waals surface area contributed by atoms with E-state index in [4.69, 9.17) is 14.2 Å². The molecule has 0 heterocycles. The van der Waals surface area contributed by atoms with E-state index in [-0.39, 0.29) is 6.61 Å². The number of ether oxygens (including phenoxy) is 3. The minimum absolute atomic E-state index is 0.199. The van der Waals surface area contributed by atoms with Crippen molar-refractivity contribution in [3.63, 3.8) is 0 Å². The first-order chi connectivity index (χ1) is 15.6. The van der Waals surface area contributed by atoms with Crippen molar-refractivity contribution in [2.75, 3.05) is 13.2 Å². The van der Waals surface area contributed by atoms with E-state index in [2.05, 4.69) is 13.5 Å². The van der Waals surface area contributed by atoms with Gasteiger partial charge >= 0.3 is 5.97 Å². The fourth-order valence-corrected chi connectivity index (χ4v) is 3.47. The largest absolute Gasteiger partial charge is 0.493 e. The molecule has 4 heteroatoms. The molecular formula is C28H32O4. The zero-order valence-corrected chi connectivity index (χ0v) is 19.0. The molecule has 32 heavy (non-hydrogen) atoms. The molecule has 0 amide bonds. The van der Waals surface area contributed by atoms with Crippen LogP contribution in [-0.2, 0) is 9.53 Å².